The van der Waals surface area contributed by atoms with Crippen LogP contribution < -0.4 is 4.74 Å². The molecule has 0 spiro atoms. The van der Waals surface area contributed by atoms with Crippen molar-refractivity contribution in [1.82, 2.24) is 4.90 Å². The van der Waals surface area contributed by atoms with E-state index >= 15 is 0 Å². The van der Waals surface area contributed by atoms with Crippen molar-refractivity contribution in [1.29, 1.82) is 0 Å². The Morgan fingerprint density at radius 1 is 1.10 bits per heavy atom. The molecular weight excluding hydrogens is 250 g/mol. The second kappa shape index (κ2) is 8.05. The number of ketones is 1. The normalized spacial score (nSPS) is 16.1. The number of carbonyl (C=O) groups excluding carboxylic acids is 1. The van der Waals surface area contributed by atoms with E-state index < -0.39 is 0 Å². The molecule has 20 heavy (non-hydrogen) atoms. The minimum absolute atomic E-state index is 0.242. The molecule has 0 N–H and O–H groups in total. The van der Waals surface area contributed by atoms with E-state index in [1.165, 1.54) is 32.4 Å². The fourth-order valence-corrected chi connectivity index (χ4v) is 2.73. The predicted octanol–water partition coefficient (Wildman–Crippen LogP) is 3.53. The Morgan fingerprint density at radius 2 is 1.80 bits per heavy atom. The molecule has 3 heteroatoms. The highest BCUT2D eigenvalue weighted by molar-refractivity contribution is 5.96. The van der Waals surface area contributed by atoms with Crippen LogP contribution >= 0.6 is 0 Å². The first kappa shape index (κ1) is 15.0. The van der Waals surface area contributed by atoms with Crippen LogP contribution in [0.1, 0.15) is 48.9 Å². The molecule has 0 saturated carbocycles. The Balaban J connectivity index is 1.66. The lowest BCUT2D eigenvalue weighted by Gasteiger charge is -2.26. The number of ether oxygens (including phenoxy) is 1. The maximum Gasteiger partial charge on any atom is 0.162 e. The van der Waals surface area contributed by atoms with E-state index in [0.29, 0.717) is 6.42 Å². The Hall–Kier alpha value is -1.35. The minimum Gasteiger partial charge on any atom is -0.497 e. The van der Waals surface area contributed by atoms with Gasteiger partial charge in [0.1, 0.15) is 5.75 Å². The molecule has 0 bridgehead atoms. The second-order valence-electron chi connectivity index (χ2n) is 5.51. The molecule has 0 atom stereocenters. The third kappa shape index (κ3) is 4.64. The van der Waals surface area contributed by atoms with Gasteiger partial charge in [0, 0.05) is 12.0 Å². The zero-order chi connectivity index (χ0) is 14.2. The number of nitrogens with zero attached hydrogens (tertiary/aromatic N) is 1. The first-order valence-electron chi connectivity index (χ1n) is 7.69. The van der Waals surface area contributed by atoms with E-state index in [2.05, 4.69) is 4.90 Å². The van der Waals surface area contributed by atoms with E-state index in [1.54, 1.807) is 7.11 Å². The number of carbonyl (C=O) groups is 1. The van der Waals surface area contributed by atoms with Gasteiger partial charge >= 0.3 is 0 Å². The van der Waals surface area contributed by atoms with Gasteiger partial charge in [-0.15, -0.1) is 0 Å². The molecule has 1 fully saturated rings. The van der Waals surface area contributed by atoms with Crippen molar-refractivity contribution in [3.63, 3.8) is 0 Å². The van der Waals surface area contributed by atoms with Gasteiger partial charge in [-0.05, 0) is 69.6 Å². The monoisotopic (exact) mass is 275 g/mol. The van der Waals surface area contributed by atoms with Crippen LogP contribution in [0.2, 0.25) is 0 Å². The molecule has 0 aliphatic carbocycles. The molecule has 1 aliphatic rings. The highest BCUT2D eigenvalue weighted by Crippen LogP contribution is 2.14. The van der Waals surface area contributed by atoms with Gasteiger partial charge in [-0.25, -0.2) is 0 Å². The Morgan fingerprint density at radius 3 is 2.45 bits per heavy atom. The minimum atomic E-state index is 0.242. The number of likely N-dealkylation sites (tertiary alicyclic amines) is 1. The van der Waals surface area contributed by atoms with Crippen molar-refractivity contribution in [3.8, 4) is 5.75 Å². The number of hydrogen-bond donors (Lipinski definition) is 0. The predicted molar refractivity (Wildman–Crippen MR) is 81.5 cm³/mol. The lowest BCUT2D eigenvalue weighted by molar-refractivity contribution is 0.0977. The fourth-order valence-electron chi connectivity index (χ4n) is 2.73. The second-order valence-corrected chi connectivity index (χ2v) is 5.51. The van der Waals surface area contributed by atoms with Crippen molar-refractivity contribution >= 4 is 5.78 Å². The zero-order valence-electron chi connectivity index (χ0n) is 12.4. The van der Waals surface area contributed by atoms with Crippen molar-refractivity contribution in [3.05, 3.63) is 29.8 Å². The Labute approximate surface area is 121 Å². The average molecular weight is 275 g/mol. The van der Waals surface area contributed by atoms with Crippen molar-refractivity contribution in [2.24, 2.45) is 0 Å². The number of methoxy groups -OCH3 is 1. The van der Waals surface area contributed by atoms with E-state index in [0.717, 1.165) is 30.7 Å². The van der Waals surface area contributed by atoms with E-state index in [9.17, 15) is 4.79 Å². The van der Waals surface area contributed by atoms with Crippen LogP contribution in [0, 0.1) is 0 Å². The highest BCUT2D eigenvalue weighted by Gasteiger charge is 2.10. The van der Waals surface area contributed by atoms with Gasteiger partial charge in [-0.2, -0.15) is 0 Å². The van der Waals surface area contributed by atoms with Crippen molar-refractivity contribution < 1.29 is 9.53 Å². The number of Topliss-reactive ketones (excluding diaryl/α,β-unsaturated/α-hetero) is 1. The summed E-state index contributed by atoms with van der Waals surface area (Å²) < 4.78 is 5.10. The average Bonchev–Trinajstić information content (AvgIpc) is 2.52. The summed E-state index contributed by atoms with van der Waals surface area (Å²) in [5.41, 5.74) is 0.795. The van der Waals surface area contributed by atoms with Crippen molar-refractivity contribution in [2.75, 3.05) is 26.7 Å². The van der Waals surface area contributed by atoms with Crippen LogP contribution in [0.3, 0.4) is 0 Å². The van der Waals surface area contributed by atoms with Gasteiger partial charge < -0.3 is 9.64 Å². The molecule has 0 amide bonds. The lowest BCUT2D eigenvalue weighted by atomic mass is 10.0. The highest BCUT2D eigenvalue weighted by atomic mass is 16.5. The molecule has 0 radical (unpaired) electrons. The maximum atomic E-state index is 12.0. The molecular formula is C17H25NO2. The Kier molecular flexibility index (Phi) is 6.06. The number of hydrogen-bond acceptors (Lipinski definition) is 3. The summed E-state index contributed by atoms with van der Waals surface area (Å²) in [5, 5.41) is 0. The fraction of sp³-hybridized carbons (Fsp3) is 0.588. The van der Waals surface area contributed by atoms with E-state index in [1.807, 2.05) is 24.3 Å². The topological polar surface area (TPSA) is 29.5 Å². The van der Waals surface area contributed by atoms with Crippen LogP contribution in [0.5, 0.6) is 5.75 Å². The molecule has 1 aromatic rings. The largest absolute Gasteiger partial charge is 0.497 e. The number of unbranched alkanes of at least 4 members (excludes halogenated alkanes) is 1. The SMILES string of the molecule is COc1ccc(C(=O)CCCCN2CCCCC2)cc1. The summed E-state index contributed by atoms with van der Waals surface area (Å²) in [7, 11) is 1.64. The van der Waals surface area contributed by atoms with Gasteiger partial charge in [-0.3, -0.25) is 4.79 Å². The summed E-state index contributed by atoms with van der Waals surface area (Å²) in [6.45, 7) is 3.63. The molecule has 1 aromatic carbocycles. The molecule has 3 nitrogen and oxygen atoms in total. The van der Waals surface area contributed by atoms with Crippen LogP contribution in [0.15, 0.2) is 24.3 Å². The summed E-state index contributed by atoms with van der Waals surface area (Å²) in [6, 6.07) is 7.40. The van der Waals surface area contributed by atoms with Gasteiger partial charge in [-0.1, -0.05) is 6.42 Å². The lowest BCUT2D eigenvalue weighted by Crippen LogP contribution is -2.30. The molecule has 0 unspecified atom stereocenters. The standard InChI is InChI=1S/C17H25NO2/c1-20-16-10-8-15(9-11-16)17(19)7-3-6-14-18-12-4-2-5-13-18/h8-11H,2-7,12-14H2,1H3. The summed E-state index contributed by atoms with van der Waals surface area (Å²) in [4.78, 5) is 14.6. The smallest absolute Gasteiger partial charge is 0.162 e. The summed E-state index contributed by atoms with van der Waals surface area (Å²) >= 11 is 0. The zero-order valence-corrected chi connectivity index (χ0v) is 12.4. The Bertz CT molecular complexity index is 408. The molecule has 110 valence electrons. The molecule has 0 aromatic heterocycles. The van der Waals surface area contributed by atoms with Gasteiger partial charge in [0.05, 0.1) is 7.11 Å². The van der Waals surface area contributed by atoms with Crippen LogP contribution in [0.4, 0.5) is 0 Å². The third-order valence-electron chi connectivity index (χ3n) is 3.99. The third-order valence-corrected chi connectivity index (χ3v) is 3.99. The molecule has 1 aliphatic heterocycles. The molecule has 1 saturated heterocycles. The number of rotatable bonds is 7. The summed E-state index contributed by atoms with van der Waals surface area (Å²) in [5.74, 6) is 1.04. The van der Waals surface area contributed by atoms with Gasteiger partial charge in [0.15, 0.2) is 5.78 Å². The quantitative estimate of drug-likeness (QED) is 0.563. The van der Waals surface area contributed by atoms with Crippen molar-refractivity contribution in [2.45, 2.75) is 38.5 Å². The van der Waals surface area contributed by atoms with E-state index in [-0.39, 0.29) is 5.78 Å². The maximum absolute atomic E-state index is 12.0. The first-order chi connectivity index (χ1) is 9.79. The number of piperidine rings is 1. The van der Waals surface area contributed by atoms with Crippen LogP contribution in [-0.4, -0.2) is 37.4 Å². The van der Waals surface area contributed by atoms with Gasteiger partial charge in [0.25, 0.3) is 0 Å². The van der Waals surface area contributed by atoms with Crippen LogP contribution in [-0.2, 0) is 0 Å². The summed E-state index contributed by atoms with van der Waals surface area (Å²) in [6.07, 6.45) is 6.82. The molecule has 2 rings (SSSR count). The number of benzene rings is 1. The van der Waals surface area contributed by atoms with Crippen LogP contribution in [0.25, 0.3) is 0 Å². The van der Waals surface area contributed by atoms with Gasteiger partial charge in [0.2, 0.25) is 0 Å². The molecule has 1 heterocycles. The first-order valence-corrected chi connectivity index (χ1v) is 7.69. The van der Waals surface area contributed by atoms with E-state index in [4.69, 9.17) is 4.74 Å².